The van der Waals surface area contributed by atoms with Gasteiger partial charge in [0.05, 0.1) is 25.4 Å². The van der Waals surface area contributed by atoms with Crippen molar-refractivity contribution in [2.24, 2.45) is 0 Å². The molecule has 1 heterocycles. The highest BCUT2D eigenvalue weighted by atomic mass is 16.7. The quantitative estimate of drug-likeness (QED) is 0.0279. The van der Waals surface area contributed by atoms with Crippen molar-refractivity contribution in [1.29, 1.82) is 0 Å². The summed E-state index contributed by atoms with van der Waals surface area (Å²) in [7, 11) is 0. The van der Waals surface area contributed by atoms with Crippen LogP contribution in [0.25, 0.3) is 0 Å². The fourth-order valence-electron chi connectivity index (χ4n) is 6.64. The molecule has 1 saturated heterocycles. The second-order valence-corrected chi connectivity index (χ2v) is 15.1. The van der Waals surface area contributed by atoms with E-state index in [1.165, 1.54) is 103 Å². The molecule has 53 heavy (non-hydrogen) atoms. The Kier molecular flexibility index (Phi) is 32.5. The lowest BCUT2D eigenvalue weighted by molar-refractivity contribution is -0.302. The zero-order chi connectivity index (χ0) is 38.8. The van der Waals surface area contributed by atoms with E-state index >= 15 is 0 Å². The van der Waals surface area contributed by atoms with Crippen molar-refractivity contribution < 1.29 is 39.8 Å². The van der Waals surface area contributed by atoms with Crippen LogP contribution in [-0.4, -0.2) is 87.5 Å². The van der Waals surface area contributed by atoms with E-state index in [1.54, 1.807) is 6.08 Å². The van der Waals surface area contributed by atoms with E-state index in [-0.39, 0.29) is 12.5 Å². The molecule has 1 aliphatic rings. The first-order valence-corrected chi connectivity index (χ1v) is 21.7. The van der Waals surface area contributed by atoms with Crippen LogP contribution in [0, 0.1) is 0 Å². The zero-order valence-corrected chi connectivity index (χ0v) is 33.8. The first kappa shape index (κ1) is 49.4. The van der Waals surface area contributed by atoms with Crippen LogP contribution in [0.3, 0.4) is 0 Å². The molecule has 7 atom stereocenters. The third kappa shape index (κ3) is 26.0. The van der Waals surface area contributed by atoms with Gasteiger partial charge in [-0.1, -0.05) is 153 Å². The largest absolute Gasteiger partial charge is 0.394 e. The number of hydrogen-bond acceptors (Lipinski definition) is 8. The number of aliphatic hydroxyl groups is 5. The first-order chi connectivity index (χ1) is 25.8. The minimum absolute atomic E-state index is 0.199. The van der Waals surface area contributed by atoms with Crippen LogP contribution in [0.15, 0.2) is 36.5 Å². The van der Waals surface area contributed by atoms with Gasteiger partial charge in [-0.2, -0.15) is 0 Å². The van der Waals surface area contributed by atoms with Crippen LogP contribution in [-0.2, 0) is 14.3 Å². The second kappa shape index (κ2) is 34.9. The number of carbonyl (C=O) groups is 1. The van der Waals surface area contributed by atoms with Gasteiger partial charge in [0, 0.05) is 6.42 Å². The summed E-state index contributed by atoms with van der Waals surface area (Å²) >= 11 is 0. The fourth-order valence-corrected chi connectivity index (χ4v) is 6.64. The molecule has 0 aromatic heterocycles. The monoisotopic (exact) mass is 752 g/mol. The van der Waals surface area contributed by atoms with Gasteiger partial charge in [0.2, 0.25) is 5.91 Å². The molecule has 0 aromatic carbocycles. The van der Waals surface area contributed by atoms with Crippen LogP contribution < -0.4 is 5.32 Å². The van der Waals surface area contributed by atoms with Crippen molar-refractivity contribution in [3.8, 4) is 0 Å². The maximum atomic E-state index is 12.9. The highest BCUT2D eigenvalue weighted by Crippen LogP contribution is 2.22. The van der Waals surface area contributed by atoms with E-state index in [1.807, 2.05) is 6.08 Å². The number of ether oxygens (including phenoxy) is 2. The van der Waals surface area contributed by atoms with Gasteiger partial charge in [0.1, 0.15) is 24.4 Å². The number of allylic oxidation sites excluding steroid dienone is 5. The van der Waals surface area contributed by atoms with Crippen LogP contribution >= 0.6 is 0 Å². The molecule has 9 heteroatoms. The van der Waals surface area contributed by atoms with Gasteiger partial charge in [-0.3, -0.25) is 4.79 Å². The van der Waals surface area contributed by atoms with Crippen molar-refractivity contribution in [1.82, 2.24) is 5.32 Å². The summed E-state index contributed by atoms with van der Waals surface area (Å²) < 4.78 is 11.2. The van der Waals surface area contributed by atoms with Gasteiger partial charge in [0.15, 0.2) is 6.29 Å². The molecule has 7 unspecified atom stereocenters. The first-order valence-electron chi connectivity index (χ1n) is 21.7. The van der Waals surface area contributed by atoms with E-state index in [2.05, 4.69) is 43.5 Å². The summed E-state index contributed by atoms with van der Waals surface area (Å²) in [5.74, 6) is -0.199. The highest BCUT2D eigenvalue weighted by Gasteiger charge is 2.44. The summed E-state index contributed by atoms with van der Waals surface area (Å²) in [6, 6.07) is -0.823. The maximum absolute atomic E-state index is 12.9. The number of aliphatic hydroxyl groups excluding tert-OH is 5. The molecule has 9 nitrogen and oxygen atoms in total. The number of rotatable bonds is 35. The van der Waals surface area contributed by atoms with Crippen molar-refractivity contribution in [3.63, 3.8) is 0 Å². The predicted octanol–water partition coefficient (Wildman–Crippen LogP) is 8.50. The number of carbonyl (C=O) groups excluding carboxylic acids is 1. The molecule has 6 N–H and O–H groups in total. The molecule has 1 fully saturated rings. The minimum Gasteiger partial charge on any atom is -0.394 e. The maximum Gasteiger partial charge on any atom is 0.220 e. The van der Waals surface area contributed by atoms with Gasteiger partial charge in [-0.25, -0.2) is 0 Å². The van der Waals surface area contributed by atoms with Gasteiger partial charge in [-0.15, -0.1) is 0 Å². The predicted molar refractivity (Wildman–Crippen MR) is 216 cm³/mol. The number of unbranched alkanes of at least 4 members (excludes halogenated alkanes) is 21. The van der Waals surface area contributed by atoms with E-state index in [0.29, 0.717) is 6.42 Å². The SMILES string of the molecule is CCCCC/C=C\CCCCCCCC(=O)NC(COC1OC(CO)C(O)C(O)C1O)C(O)/C=C/CC/C=C/CCCCCCCCCCCCCC. The summed E-state index contributed by atoms with van der Waals surface area (Å²) in [5, 5.41) is 54.0. The highest BCUT2D eigenvalue weighted by molar-refractivity contribution is 5.76. The Bertz CT molecular complexity index is 925. The molecule has 0 aliphatic carbocycles. The van der Waals surface area contributed by atoms with E-state index in [9.17, 15) is 30.3 Å². The second-order valence-electron chi connectivity index (χ2n) is 15.1. The average Bonchev–Trinajstić information content (AvgIpc) is 3.16. The molecule has 0 aromatic rings. The molecule has 0 spiro atoms. The third-order valence-electron chi connectivity index (χ3n) is 10.2. The Balaban J connectivity index is 2.42. The van der Waals surface area contributed by atoms with Crippen molar-refractivity contribution in [3.05, 3.63) is 36.5 Å². The Hall–Kier alpha value is -1.59. The van der Waals surface area contributed by atoms with Gasteiger partial charge in [-0.05, 0) is 57.8 Å². The van der Waals surface area contributed by atoms with Crippen LogP contribution in [0.2, 0.25) is 0 Å². The van der Waals surface area contributed by atoms with Gasteiger partial charge >= 0.3 is 0 Å². The lowest BCUT2D eigenvalue weighted by Gasteiger charge is -2.40. The molecular weight excluding hydrogens is 670 g/mol. The van der Waals surface area contributed by atoms with Crippen molar-refractivity contribution in [2.45, 2.75) is 224 Å². The lowest BCUT2D eigenvalue weighted by atomic mass is 9.99. The number of amides is 1. The van der Waals surface area contributed by atoms with Gasteiger partial charge in [0.25, 0.3) is 0 Å². The Morgan fingerprint density at radius 1 is 0.623 bits per heavy atom. The molecule has 1 rings (SSSR count). The molecule has 310 valence electrons. The van der Waals surface area contributed by atoms with Crippen molar-refractivity contribution in [2.75, 3.05) is 13.2 Å². The smallest absolute Gasteiger partial charge is 0.220 e. The van der Waals surface area contributed by atoms with E-state index in [0.717, 1.165) is 57.8 Å². The van der Waals surface area contributed by atoms with Gasteiger partial charge < -0.3 is 40.3 Å². The fraction of sp³-hybridized carbons (Fsp3) is 0.841. The number of nitrogens with one attached hydrogen (secondary N) is 1. The normalized spacial score (nSPS) is 22.0. The van der Waals surface area contributed by atoms with Crippen LogP contribution in [0.4, 0.5) is 0 Å². The summed E-state index contributed by atoms with van der Waals surface area (Å²) in [6.07, 6.45) is 34.7. The Morgan fingerprint density at radius 3 is 1.62 bits per heavy atom. The molecule has 0 bridgehead atoms. The van der Waals surface area contributed by atoms with Crippen molar-refractivity contribution >= 4 is 5.91 Å². The summed E-state index contributed by atoms with van der Waals surface area (Å²) in [4.78, 5) is 12.9. The molecular formula is C44H81NO8. The average molecular weight is 752 g/mol. The van der Waals surface area contributed by atoms with Crippen LogP contribution in [0.5, 0.6) is 0 Å². The number of hydrogen-bond donors (Lipinski definition) is 6. The van der Waals surface area contributed by atoms with E-state index < -0.39 is 49.5 Å². The standard InChI is InChI=1S/C44H81NO8/c1-3-5-7-9-11-13-15-17-18-19-20-21-22-23-25-27-29-31-33-38(47)37(36-52-44-43(51)42(50)41(49)39(35-46)53-44)45-40(48)34-32-30-28-26-24-16-14-12-10-8-6-4-2/h12,14,23,25,31,33,37-39,41-44,46-47,49-51H,3-11,13,15-22,24,26-30,32,34-36H2,1-2H3,(H,45,48)/b14-12-,25-23+,33-31+. The summed E-state index contributed by atoms with van der Waals surface area (Å²) in [6.45, 7) is 3.71. The molecule has 1 aliphatic heterocycles. The Labute approximate surface area is 323 Å². The molecule has 0 radical (unpaired) electrons. The molecule has 0 saturated carbocycles. The molecule has 1 amide bonds. The summed E-state index contributed by atoms with van der Waals surface area (Å²) in [5.41, 5.74) is 0. The zero-order valence-electron chi connectivity index (χ0n) is 33.8. The third-order valence-corrected chi connectivity index (χ3v) is 10.2. The van der Waals surface area contributed by atoms with Crippen LogP contribution in [0.1, 0.15) is 181 Å². The van der Waals surface area contributed by atoms with E-state index in [4.69, 9.17) is 9.47 Å². The minimum atomic E-state index is -1.57. The Morgan fingerprint density at radius 2 is 1.08 bits per heavy atom. The topological polar surface area (TPSA) is 149 Å². The lowest BCUT2D eigenvalue weighted by Crippen LogP contribution is -2.60.